The number of carbonyl (C=O) groups excluding carboxylic acids is 2. The Morgan fingerprint density at radius 1 is 0.941 bits per heavy atom. The van der Waals surface area contributed by atoms with Gasteiger partial charge in [-0.15, -0.1) is 0 Å². The fraction of sp³-hybridized carbons (Fsp3) is 0.423. The summed E-state index contributed by atoms with van der Waals surface area (Å²) in [6.45, 7) is 3.83. The molecule has 0 bridgehead atoms. The van der Waals surface area contributed by atoms with Crippen molar-refractivity contribution < 1.29 is 29.3 Å². The molecule has 2 amide bonds. The van der Waals surface area contributed by atoms with E-state index in [-0.39, 0.29) is 38.0 Å². The van der Waals surface area contributed by atoms with Crippen LogP contribution in [0.25, 0.3) is 11.1 Å². The van der Waals surface area contributed by atoms with Crippen molar-refractivity contribution in [2.75, 3.05) is 19.7 Å². The number of rotatable bonds is 11. The molecule has 4 N–H and O–H groups in total. The average molecular weight is 469 g/mol. The predicted molar refractivity (Wildman–Crippen MR) is 127 cm³/mol. The molecule has 8 heteroatoms. The van der Waals surface area contributed by atoms with Crippen molar-refractivity contribution in [2.45, 2.75) is 38.7 Å². The van der Waals surface area contributed by atoms with Crippen molar-refractivity contribution in [1.29, 1.82) is 0 Å². The van der Waals surface area contributed by atoms with Crippen molar-refractivity contribution in [3.05, 3.63) is 59.7 Å². The Bertz CT molecular complexity index is 976. The van der Waals surface area contributed by atoms with Gasteiger partial charge in [0.25, 0.3) is 0 Å². The molecule has 8 nitrogen and oxygen atoms in total. The molecule has 0 fully saturated rings. The van der Waals surface area contributed by atoms with Crippen LogP contribution in [0.5, 0.6) is 0 Å². The van der Waals surface area contributed by atoms with Gasteiger partial charge in [0.1, 0.15) is 6.61 Å². The van der Waals surface area contributed by atoms with Crippen LogP contribution in [0.15, 0.2) is 48.5 Å². The highest BCUT2D eigenvalue weighted by Crippen LogP contribution is 2.44. The molecule has 0 heterocycles. The molecule has 0 saturated heterocycles. The van der Waals surface area contributed by atoms with Gasteiger partial charge in [-0.25, -0.2) is 4.79 Å². The fourth-order valence-corrected chi connectivity index (χ4v) is 4.29. The quantitative estimate of drug-likeness (QED) is 0.402. The molecule has 0 spiro atoms. The number of aliphatic hydroxyl groups is 1. The van der Waals surface area contributed by atoms with Crippen molar-refractivity contribution in [2.24, 2.45) is 11.8 Å². The minimum absolute atomic E-state index is 0.00112. The van der Waals surface area contributed by atoms with E-state index >= 15 is 0 Å². The predicted octanol–water partition coefficient (Wildman–Crippen LogP) is 3.14. The van der Waals surface area contributed by atoms with Gasteiger partial charge in [0.2, 0.25) is 5.91 Å². The van der Waals surface area contributed by atoms with Gasteiger partial charge in [-0.05, 0) is 34.6 Å². The summed E-state index contributed by atoms with van der Waals surface area (Å²) in [6.07, 6.45) is -1.60. The van der Waals surface area contributed by atoms with E-state index in [9.17, 15) is 24.6 Å². The SMILES string of the molecule is CC(C)CC(CNC(=O)CC(O)CNC(=O)OCC1c2ccccc2-c2ccccc21)C(=O)O. The molecule has 2 aromatic rings. The summed E-state index contributed by atoms with van der Waals surface area (Å²) in [5.74, 6) is -2.00. The van der Waals surface area contributed by atoms with E-state index in [0.717, 1.165) is 22.3 Å². The molecule has 3 rings (SSSR count). The number of benzene rings is 2. The zero-order chi connectivity index (χ0) is 24.7. The number of hydrogen-bond acceptors (Lipinski definition) is 5. The largest absolute Gasteiger partial charge is 0.481 e. The Morgan fingerprint density at radius 2 is 1.53 bits per heavy atom. The fourth-order valence-electron chi connectivity index (χ4n) is 4.29. The number of fused-ring (bicyclic) bond motifs is 3. The average Bonchev–Trinajstić information content (AvgIpc) is 3.12. The van der Waals surface area contributed by atoms with Crippen molar-refractivity contribution in [3.8, 4) is 11.1 Å². The summed E-state index contributed by atoms with van der Waals surface area (Å²) in [5, 5.41) is 24.3. The third kappa shape index (κ3) is 6.57. The van der Waals surface area contributed by atoms with E-state index in [1.807, 2.05) is 50.2 Å². The number of carboxylic acids is 1. The van der Waals surface area contributed by atoms with Crippen LogP contribution in [-0.4, -0.2) is 54.0 Å². The molecule has 0 radical (unpaired) electrons. The number of amides is 2. The van der Waals surface area contributed by atoms with E-state index in [4.69, 9.17) is 4.74 Å². The van der Waals surface area contributed by atoms with Crippen LogP contribution >= 0.6 is 0 Å². The Balaban J connectivity index is 1.42. The van der Waals surface area contributed by atoms with E-state index in [1.54, 1.807) is 0 Å². The van der Waals surface area contributed by atoms with Gasteiger partial charge in [-0.2, -0.15) is 0 Å². The van der Waals surface area contributed by atoms with Crippen LogP contribution in [0.2, 0.25) is 0 Å². The topological polar surface area (TPSA) is 125 Å². The molecule has 0 aliphatic heterocycles. The van der Waals surface area contributed by atoms with Crippen LogP contribution in [0.3, 0.4) is 0 Å². The minimum Gasteiger partial charge on any atom is -0.481 e. The Morgan fingerprint density at radius 3 is 2.09 bits per heavy atom. The molecule has 1 aliphatic carbocycles. The number of alkyl carbamates (subject to hydrolysis) is 1. The first-order valence-electron chi connectivity index (χ1n) is 11.5. The number of carboxylic acid groups (broad SMARTS) is 1. The van der Waals surface area contributed by atoms with E-state index in [0.29, 0.717) is 6.42 Å². The van der Waals surface area contributed by atoms with Crippen LogP contribution in [0.4, 0.5) is 4.79 Å². The highest BCUT2D eigenvalue weighted by molar-refractivity contribution is 5.79. The lowest BCUT2D eigenvalue weighted by Gasteiger charge is -2.17. The monoisotopic (exact) mass is 468 g/mol. The summed E-state index contributed by atoms with van der Waals surface area (Å²) in [6, 6.07) is 16.0. The first-order valence-corrected chi connectivity index (χ1v) is 11.5. The molecule has 34 heavy (non-hydrogen) atoms. The van der Waals surface area contributed by atoms with Crippen LogP contribution in [0, 0.1) is 11.8 Å². The van der Waals surface area contributed by atoms with E-state index in [1.165, 1.54) is 0 Å². The van der Waals surface area contributed by atoms with Gasteiger partial charge < -0.3 is 25.6 Å². The van der Waals surface area contributed by atoms with Gasteiger partial charge >= 0.3 is 12.1 Å². The first-order chi connectivity index (χ1) is 16.3. The molecule has 182 valence electrons. The standard InChI is InChI=1S/C26H32N2O6/c1-16(2)11-17(25(31)32)13-27-24(30)12-18(29)14-28-26(33)34-15-23-21-9-5-3-7-19(21)20-8-4-6-10-22(20)23/h3-10,16-18,23,29H,11-15H2,1-2H3,(H,27,30)(H,28,33)(H,31,32). The second-order valence-electron chi connectivity index (χ2n) is 9.03. The van der Waals surface area contributed by atoms with Crippen LogP contribution < -0.4 is 10.6 Å². The summed E-state index contributed by atoms with van der Waals surface area (Å²) in [4.78, 5) is 35.5. The maximum Gasteiger partial charge on any atom is 0.407 e. The van der Waals surface area contributed by atoms with E-state index in [2.05, 4.69) is 22.8 Å². The highest BCUT2D eigenvalue weighted by Gasteiger charge is 2.29. The molecule has 1 aliphatic rings. The molecular formula is C26H32N2O6. The number of aliphatic carboxylic acids is 1. The van der Waals surface area contributed by atoms with Gasteiger partial charge in [0.05, 0.1) is 18.4 Å². The molecule has 0 saturated carbocycles. The second-order valence-corrected chi connectivity index (χ2v) is 9.03. The van der Waals surface area contributed by atoms with Crippen molar-refractivity contribution in [3.63, 3.8) is 0 Å². The molecule has 2 unspecified atom stereocenters. The lowest BCUT2D eigenvalue weighted by molar-refractivity contribution is -0.142. The molecule has 2 aromatic carbocycles. The Hall–Kier alpha value is -3.39. The summed E-state index contributed by atoms with van der Waals surface area (Å²) >= 11 is 0. The Labute approximate surface area is 199 Å². The maximum absolute atomic E-state index is 12.2. The van der Waals surface area contributed by atoms with Gasteiger partial charge in [-0.1, -0.05) is 62.4 Å². The molecule has 2 atom stereocenters. The van der Waals surface area contributed by atoms with Gasteiger partial charge in [0, 0.05) is 19.0 Å². The number of ether oxygens (including phenoxy) is 1. The van der Waals surface area contributed by atoms with E-state index < -0.39 is 30.0 Å². The first kappa shape index (κ1) is 25.2. The smallest absolute Gasteiger partial charge is 0.407 e. The molecule has 0 aromatic heterocycles. The normalized spacial score (nSPS) is 14.1. The van der Waals surface area contributed by atoms with Crippen molar-refractivity contribution in [1.82, 2.24) is 10.6 Å². The number of nitrogens with one attached hydrogen (secondary N) is 2. The zero-order valence-electron chi connectivity index (χ0n) is 19.5. The second kappa shape index (κ2) is 11.7. The number of aliphatic hydroxyl groups excluding tert-OH is 1. The lowest BCUT2D eigenvalue weighted by Crippen LogP contribution is -2.38. The maximum atomic E-state index is 12.2. The summed E-state index contributed by atoms with van der Waals surface area (Å²) in [7, 11) is 0. The van der Waals surface area contributed by atoms with Gasteiger partial charge in [0.15, 0.2) is 0 Å². The summed E-state index contributed by atoms with van der Waals surface area (Å²) in [5.41, 5.74) is 4.47. The number of hydrogen-bond donors (Lipinski definition) is 4. The highest BCUT2D eigenvalue weighted by atomic mass is 16.5. The minimum atomic E-state index is -1.12. The zero-order valence-corrected chi connectivity index (χ0v) is 19.5. The third-order valence-electron chi connectivity index (χ3n) is 5.90. The molecular weight excluding hydrogens is 436 g/mol. The van der Waals surface area contributed by atoms with Crippen LogP contribution in [0.1, 0.15) is 43.7 Å². The summed E-state index contributed by atoms with van der Waals surface area (Å²) < 4.78 is 5.41. The van der Waals surface area contributed by atoms with Gasteiger partial charge in [-0.3, -0.25) is 9.59 Å². The van der Waals surface area contributed by atoms with Crippen molar-refractivity contribution >= 4 is 18.0 Å². The Kier molecular flexibility index (Phi) is 8.65. The third-order valence-corrected chi connectivity index (χ3v) is 5.90. The van der Waals surface area contributed by atoms with Crippen LogP contribution in [-0.2, 0) is 14.3 Å². The lowest BCUT2D eigenvalue weighted by atomic mass is 9.97. The number of carbonyl (C=O) groups is 3.